The second-order valence-corrected chi connectivity index (χ2v) is 30.1. The van der Waals surface area contributed by atoms with Crippen LogP contribution in [0.3, 0.4) is 0 Å². The Morgan fingerprint density at radius 2 is 0.459 bits per heavy atom. The Kier molecular flexibility index (Phi) is 30.4. The number of aromatic nitrogens is 15. The van der Waals surface area contributed by atoms with Gasteiger partial charge in [-0.25, -0.2) is 70.5 Å². The van der Waals surface area contributed by atoms with Gasteiger partial charge in [-0.3, -0.25) is 126 Å². The van der Waals surface area contributed by atoms with E-state index >= 15 is 0 Å². The first-order chi connectivity index (χ1) is 63.0. The third-order valence-electron chi connectivity index (χ3n) is 19.1. The molecule has 6 aromatic carbocycles. The van der Waals surface area contributed by atoms with Gasteiger partial charge in [-0.15, -0.1) is 0 Å². The van der Waals surface area contributed by atoms with Gasteiger partial charge in [0.25, 0.3) is 51.8 Å². The molecule has 0 saturated heterocycles. The first-order valence-electron chi connectivity index (χ1n) is 38.5. The number of hydrogen-bond acceptors (Lipinski definition) is 27. The third-order valence-corrected chi connectivity index (χ3v) is 19.6. The van der Waals surface area contributed by atoms with E-state index in [2.05, 4.69) is 86.7 Å². The second-order valence-electron chi connectivity index (χ2n) is 29.1. The topological polar surface area (TPSA) is 580 Å². The maximum Gasteiger partial charge on any atom is 0.341 e. The molecule has 0 aliphatic rings. The Bertz CT molecular complexity index is 7910. The summed E-state index contributed by atoms with van der Waals surface area (Å²) in [6, 6.07) is 25.0. The Labute approximate surface area is 763 Å². The first kappa shape index (κ1) is 102. The Morgan fingerprint density at radius 1 is 0.274 bits per heavy atom. The molecule has 14 aromatic rings. The molecule has 694 valence electrons. The average molecular weight is 1910 g/mol. The number of pyridine rings is 1. The maximum absolute atomic E-state index is 12.4. The molecule has 47 nitrogen and oxygen atoms in total. The van der Waals surface area contributed by atoms with Gasteiger partial charge in [0.05, 0.1) is 101 Å². The lowest BCUT2D eigenvalue weighted by Gasteiger charge is -2.00. The molecular weight excluding hydrogens is 1830 g/mol. The van der Waals surface area contributed by atoms with Crippen LogP contribution in [-0.2, 0) is 0 Å². The van der Waals surface area contributed by atoms with E-state index in [1.165, 1.54) is 171 Å². The van der Waals surface area contributed by atoms with Gasteiger partial charge >= 0.3 is 39.8 Å². The van der Waals surface area contributed by atoms with Gasteiger partial charge in [0.1, 0.15) is 0 Å². The van der Waals surface area contributed by atoms with Crippen LogP contribution < -0.4 is 39.8 Å². The van der Waals surface area contributed by atoms with Gasteiger partial charge in [-0.2, -0.15) is 0 Å². The fraction of sp³-hybridized carbons (Fsp3) is 0.138. The summed E-state index contributed by atoms with van der Waals surface area (Å²) in [5.74, 6) is -3.59. The molecule has 0 unspecified atom stereocenters. The van der Waals surface area contributed by atoms with Crippen molar-refractivity contribution in [2.24, 2.45) is 0 Å². The van der Waals surface area contributed by atoms with Gasteiger partial charge in [-0.1, -0.05) is 65.8 Å². The van der Waals surface area contributed by atoms with E-state index in [1.54, 1.807) is 60.7 Å². The van der Waals surface area contributed by atoms with Crippen molar-refractivity contribution in [2.45, 2.75) is 83.1 Å². The predicted octanol–water partition coefficient (Wildman–Crippen LogP) is 14.2. The van der Waals surface area contributed by atoms with Crippen molar-refractivity contribution in [2.75, 3.05) is 0 Å². The minimum Gasteiger partial charge on any atom is -0.274 e. The van der Waals surface area contributed by atoms with E-state index in [0.717, 1.165) is 53.2 Å². The Balaban J connectivity index is 0.000000194. The molecule has 0 aliphatic heterocycles. The smallest absolute Gasteiger partial charge is 0.274 e. The van der Waals surface area contributed by atoms with Crippen molar-refractivity contribution in [1.82, 2.24) is 68.9 Å². The third kappa shape index (κ3) is 20.0. The summed E-state index contributed by atoms with van der Waals surface area (Å²) in [5.41, 5.74) is 2.36. The molecule has 14 rings (SSSR count). The number of carbonyl (C=O) groups excluding carboxylic acids is 7. The monoisotopic (exact) mass is 1910 g/mol. The number of nitro benzene ring substituents is 6. The SMILES string of the molecule is C=C(C)C(=O)n1c(=O)n(C(=C)C)c2cc([N+](=O)[O-])ccc21.C=C(C)n1c(=O)n(C(C)=O)c2cc([N+](=O)[O-])ccc21.C=C(C)n1c(=O)n(C(C)=O)c2ccc([N+](=O)[O-])cc21.C=C(C)n1c(=O)n(C(C)=O)c2ccc([N+](=O)[O-])cc21.C=C(C)n1c(=O)n(C(C)=O)c2ncc(Br)cc21.C=CC(=O)n1c(=O)n(C(=C)C)c2cc([N+](=O)[O-])ccc21.C=CC(=O)n1c(=O)n(C(=C)C)c2ccc([N+](=O)[O-])cc21. The van der Waals surface area contributed by atoms with E-state index in [0.29, 0.717) is 84.1 Å². The van der Waals surface area contributed by atoms with Crippen molar-refractivity contribution in [3.05, 3.63) is 344 Å². The summed E-state index contributed by atoms with van der Waals surface area (Å²) in [5, 5.41) is 64.8. The summed E-state index contributed by atoms with van der Waals surface area (Å²) in [6.45, 7) is 53.7. The summed E-state index contributed by atoms with van der Waals surface area (Å²) in [4.78, 5) is 233. The highest BCUT2D eigenvalue weighted by Crippen LogP contribution is 2.30. The van der Waals surface area contributed by atoms with Crippen LogP contribution in [0.4, 0.5) is 34.1 Å². The molecule has 0 saturated carbocycles. The molecular formula is C87H78BrN21O26. The van der Waals surface area contributed by atoms with Crippen molar-refractivity contribution < 1.29 is 63.1 Å². The number of rotatable bonds is 16. The van der Waals surface area contributed by atoms with Gasteiger partial charge in [-0.05, 0) is 126 Å². The lowest BCUT2D eigenvalue weighted by atomic mass is 10.2. The Hall–Kier alpha value is -18.7. The highest BCUT2D eigenvalue weighted by molar-refractivity contribution is 9.10. The number of imidazole rings is 7. The zero-order chi connectivity index (χ0) is 102. The summed E-state index contributed by atoms with van der Waals surface area (Å²) < 4.78 is 15.8. The maximum atomic E-state index is 12.4. The first-order valence-corrected chi connectivity index (χ1v) is 39.3. The normalized spacial score (nSPS) is 10.6. The Morgan fingerprint density at radius 3 is 0.696 bits per heavy atom. The quantitative estimate of drug-likeness (QED) is 0.0492. The van der Waals surface area contributed by atoms with E-state index in [1.807, 2.05) is 0 Å². The predicted molar refractivity (Wildman–Crippen MR) is 508 cm³/mol. The molecule has 0 fully saturated rings. The molecule has 0 atom stereocenters. The largest absolute Gasteiger partial charge is 0.341 e. The lowest BCUT2D eigenvalue weighted by Crippen LogP contribution is -2.28. The minimum atomic E-state index is -0.652. The number of hydrogen-bond donors (Lipinski definition) is 0. The van der Waals surface area contributed by atoms with Crippen LogP contribution in [0.5, 0.6) is 0 Å². The van der Waals surface area contributed by atoms with Crippen LogP contribution >= 0.6 is 15.9 Å². The average Bonchev–Trinajstić information content (AvgIpc) is 1.69. The van der Waals surface area contributed by atoms with E-state index in [-0.39, 0.29) is 78.7 Å². The van der Waals surface area contributed by atoms with Gasteiger partial charge in [0.15, 0.2) is 5.65 Å². The highest BCUT2D eigenvalue weighted by Gasteiger charge is 2.28. The standard InChI is InChI=1S/C14H13N3O4.2C13H11N3O4.3C12H11N3O4.C11H10BrN3O2/c1-8(2)13(18)16-11-6-5-10(17(20)21)7-12(11)15(9(3)4)14(16)19;1-4-12(17)15-10-6-5-9(16(19)20)7-11(10)14(8(2)3)13(15)18;1-4-12(17)15-11-7-9(16(19)20)5-6-10(11)14(8(2)3)13(15)18;2*1-7(2)13-11-6-9(15(18)19)4-5-10(11)14(8(3)16)12(13)17;1-7(2)13-10-5-4-9(15(18)19)6-11(10)14(8(3)16)12(13)17;1-6(2)14-9-4-8(12)5-13-10(9)15(7(3)16)11(14)17/h5-7H,1,3H2,2,4H3;2*4-7H,1-2H2,3H3;3*4-6H,1H2,2-3H3;4-5H,1H2,2-3H3. The zero-order valence-electron chi connectivity index (χ0n) is 73.7. The molecule has 135 heavy (non-hydrogen) atoms. The molecule has 0 N–H and O–H groups in total. The van der Waals surface area contributed by atoms with E-state index < -0.39 is 105 Å². The van der Waals surface area contributed by atoms with Crippen LogP contribution in [0.2, 0.25) is 0 Å². The lowest BCUT2D eigenvalue weighted by molar-refractivity contribution is -0.384. The van der Waals surface area contributed by atoms with Crippen molar-refractivity contribution >= 4 is 209 Å². The summed E-state index contributed by atoms with van der Waals surface area (Å²) in [6.07, 6.45) is 3.53. The van der Waals surface area contributed by atoms with Crippen LogP contribution in [-0.4, -0.2) is 140 Å². The van der Waals surface area contributed by atoms with Crippen LogP contribution in [0.1, 0.15) is 117 Å². The molecule has 0 spiro atoms. The number of allylic oxidation sites excluding steroid dienone is 10. The molecule has 48 heteroatoms. The van der Waals surface area contributed by atoms with Gasteiger partial charge in [0.2, 0.25) is 23.6 Å². The number of benzene rings is 6. The van der Waals surface area contributed by atoms with E-state index in [9.17, 15) is 128 Å². The fourth-order valence-corrected chi connectivity index (χ4v) is 13.9. The van der Waals surface area contributed by atoms with Crippen LogP contribution in [0.25, 0.3) is 117 Å². The number of non-ortho nitro benzene ring substituents is 6. The number of nitrogens with zero attached hydrogens (tertiary/aromatic N) is 21. The number of fused-ring (bicyclic) bond motifs is 7. The fourth-order valence-electron chi connectivity index (χ4n) is 13.6. The van der Waals surface area contributed by atoms with Crippen molar-refractivity contribution in [1.29, 1.82) is 0 Å². The molecule has 0 amide bonds. The summed E-state index contributed by atoms with van der Waals surface area (Å²) in [7, 11) is 0. The molecule has 0 radical (unpaired) electrons. The molecule has 8 heterocycles. The molecule has 0 aliphatic carbocycles. The molecule has 8 aromatic heterocycles. The van der Waals surface area contributed by atoms with Gasteiger partial charge < -0.3 is 0 Å². The highest BCUT2D eigenvalue weighted by atomic mass is 79.9. The second kappa shape index (κ2) is 40.3. The summed E-state index contributed by atoms with van der Waals surface area (Å²) >= 11 is 3.28. The minimum absolute atomic E-state index is 0.150. The van der Waals surface area contributed by atoms with E-state index in [4.69, 9.17) is 0 Å². The molecule has 0 bridgehead atoms. The number of halogens is 1. The van der Waals surface area contributed by atoms with Crippen LogP contribution in [0, 0.1) is 60.7 Å². The van der Waals surface area contributed by atoms with Crippen LogP contribution in [0.15, 0.2) is 243 Å². The number of nitro groups is 6. The van der Waals surface area contributed by atoms with Gasteiger partial charge in [0, 0.05) is 157 Å². The zero-order valence-corrected chi connectivity index (χ0v) is 75.2. The number of carbonyl (C=O) groups is 7. The van der Waals surface area contributed by atoms with Crippen molar-refractivity contribution in [3.8, 4) is 0 Å². The van der Waals surface area contributed by atoms with Crippen molar-refractivity contribution in [3.63, 3.8) is 0 Å².